The number of halogens is 1. The SMILES string of the molecule is CC(N)Cc1cn(Cc2ccc(Br)cn2)c2ccccc12. The molecular weight excluding hydrogens is 326 g/mol. The summed E-state index contributed by atoms with van der Waals surface area (Å²) in [7, 11) is 0. The summed E-state index contributed by atoms with van der Waals surface area (Å²) in [5.41, 5.74) is 9.55. The summed E-state index contributed by atoms with van der Waals surface area (Å²) in [6.07, 6.45) is 4.93. The Hall–Kier alpha value is -1.65. The molecule has 0 saturated heterocycles. The zero-order chi connectivity index (χ0) is 14.8. The van der Waals surface area contributed by atoms with E-state index < -0.39 is 0 Å². The number of hydrogen-bond donors (Lipinski definition) is 1. The maximum absolute atomic E-state index is 5.97. The van der Waals surface area contributed by atoms with Gasteiger partial charge >= 0.3 is 0 Å². The molecule has 0 aliphatic heterocycles. The molecular formula is C17H18BrN3. The number of pyridine rings is 1. The Morgan fingerprint density at radius 1 is 1.24 bits per heavy atom. The highest BCUT2D eigenvalue weighted by Crippen LogP contribution is 2.23. The van der Waals surface area contributed by atoms with Crippen LogP contribution in [0.15, 0.2) is 53.3 Å². The van der Waals surface area contributed by atoms with Gasteiger partial charge in [-0.15, -0.1) is 0 Å². The summed E-state index contributed by atoms with van der Waals surface area (Å²) in [6, 6.07) is 12.7. The maximum atomic E-state index is 5.97. The van der Waals surface area contributed by atoms with Crippen molar-refractivity contribution in [1.82, 2.24) is 9.55 Å². The molecule has 0 aliphatic carbocycles. The van der Waals surface area contributed by atoms with Gasteiger partial charge in [0.2, 0.25) is 0 Å². The lowest BCUT2D eigenvalue weighted by Gasteiger charge is -2.05. The molecule has 0 radical (unpaired) electrons. The molecule has 1 atom stereocenters. The minimum absolute atomic E-state index is 0.162. The zero-order valence-electron chi connectivity index (χ0n) is 12.0. The number of benzene rings is 1. The Bertz CT molecular complexity index is 744. The normalized spacial score (nSPS) is 12.7. The Balaban J connectivity index is 2.00. The molecule has 3 aromatic rings. The van der Waals surface area contributed by atoms with Crippen LogP contribution in [0.4, 0.5) is 0 Å². The third-order valence-corrected chi connectivity index (χ3v) is 4.00. The first-order valence-corrected chi connectivity index (χ1v) is 7.85. The smallest absolute Gasteiger partial charge is 0.0648 e. The van der Waals surface area contributed by atoms with Crippen LogP contribution in [0.2, 0.25) is 0 Å². The van der Waals surface area contributed by atoms with Crippen molar-refractivity contribution in [3.05, 3.63) is 64.5 Å². The maximum Gasteiger partial charge on any atom is 0.0648 e. The van der Waals surface area contributed by atoms with Gasteiger partial charge in [-0.3, -0.25) is 4.98 Å². The van der Waals surface area contributed by atoms with E-state index in [1.807, 2.05) is 25.3 Å². The van der Waals surface area contributed by atoms with E-state index in [4.69, 9.17) is 5.73 Å². The first kappa shape index (κ1) is 14.3. The van der Waals surface area contributed by atoms with Gasteiger partial charge in [-0.05, 0) is 53.0 Å². The van der Waals surface area contributed by atoms with Crippen molar-refractivity contribution in [1.29, 1.82) is 0 Å². The van der Waals surface area contributed by atoms with Crippen LogP contribution in [-0.4, -0.2) is 15.6 Å². The second-order valence-electron chi connectivity index (χ2n) is 5.45. The van der Waals surface area contributed by atoms with Crippen LogP contribution in [0.5, 0.6) is 0 Å². The van der Waals surface area contributed by atoms with E-state index >= 15 is 0 Å². The topological polar surface area (TPSA) is 43.8 Å². The number of nitrogens with two attached hydrogens (primary N) is 1. The van der Waals surface area contributed by atoms with E-state index in [0.29, 0.717) is 0 Å². The second-order valence-corrected chi connectivity index (χ2v) is 6.36. The van der Waals surface area contributed by atoms with Crippen molar-refractivity contribution in [3.63, 3.8) is 0 Å². The van der Waals surface area contributed by atoms with Gasteiger partial charge in [0.1, 0.15) is 0 Å². The van der Waals surface area contributed by atoms with Gasteiger partial charge in [0.25, 0.3) is 0 Å². The lowest BCUT2D eigenvalue weighted by atomic mass is 10.1. The molecule has 1 aromatic carbocycles. The molecule has 2 aromatic heterocycles. The van der Waals surface area contributed by atoms with Gasteiger partial charge in [-0.1, -0.05) is 18.2 Å². The molecule has 21 heavy (non-hydrogen) atoms. The Morgan fingerprint density at radius 2 is 2.05 bits per heavy atom. The molecule has 3 nitrogen and oxygen atoms in total. The van der Waals surface area contributed by atoms with E-state index in [1.165, 1.54) is 16.5 Å². The molecule has 108 valence electrons. The fourth-order valence-corrected chi connectivity index (χ4v) is 2.87. The second kappa shape index (κ2) is 6.00. The highest BCUT2D eigenvalue weighted by atomic mass is 79.9. The average molecular weight is 344 g/mol. The number of rotatable bonds is 4. The van der Waals surface area contributed by atoms with Crippen molar-refractivity contribution in [2.24, 2.45) is 5.73 Å². The predicted molar refractivity (Wildman–Crippen MR) is 90.3 cm³/mol. The molecule has 0 amide bonds. The van der Waals surface area contributed by atoms with Crippen LogP contribution in [0.1, 0.15) is 18.2 Å². The van der Waals surface area contributed by atoms with E-state index in [-0.39, 0.29) is 6.04 Å². The lowest BCUT2D eigenvalue weighted by Crippen LogP contribution is -2.17. The predicted octanol–water partition coefficient (Wildman–Crippen LogP) is 3.74. The first-order chi connectivity index (χ1) is 10.1. The molecule has 0 aliphatic rings. The summed E-state index contributed by atoms with van der Waals surface area (Å²) < 4.78 is 3.25. The largest absolute Gasteiger partial charge is 0.341 e. The van der Waals surface area contributed by atoms with E-state index in [1.54, 1.807) is 0 Å². The molecule has 0 spiro atoms. The van der Waals surface area contributed by atoms with Crippen molar-refractivity contribution >= 4 is 26.8 Å². The number of hydrogen-bond acceptors (Lipinski definition) is 2. The van der Waals surface area contributed by atoms with E-state index in [9.17, 15) is 0 Å². The fraction of sp³-hybridized carbons (Fsp3) is 0.235. The van der Waals surface area contributed by atoms with Crippen LogP contribution < -0.4 is 5.73 Å². The molecule has 4 heteroatoms. The number of para-hydroxylation sites is 1. The highest BCUT2D eigenvalue weighted by Gasteiger charge is 2.10. The average Bonchev–Trinajstić information content (AvgIpc) is 2.79. The van der Waals surface area contributed by atoms with Gasteiger partial charge in [0.15, 0.2) is 0 Å². The summed E-state index contributed by atoms with van der Waals surface area (Å²) >= 11 is 3.42. The summed E-state index contributed by atoms with van der Waals surface area (Å²) in [5.74, 6) is 0. The van der Waals surface area contributed by atoms with Crippen molar-refractivity contribution in [2.45, 2.75) is 25.9 Å². The molecule has 3 rings (SSSR count). The van der Waals surface area contributed by atoms with Crippen LogP contribution >= 0.6 is 15.9 Å². The number of fused-ring (bicyclic) bond motifs is 1. The number of nitrogens with zero attached hydrogens (tertiary/aromatic N) is 2. The lowest BCUT2D eigenvalue weighted by molar-refractivity contribution is 0.733. The molecule has 1 unspecified atom stereocenters. The third kappa shape index (κ3) is 3.17. The first-order valence-electron chi connectivity index (χ1n) is 7.06. The van der Waals surface area contributed by atoms with Gasteiger partial charge in [0, 0.05) is 33.8 Å². The Kier molecular flexibility index (Phi) is 4.08. The molecule has 0 saturated carbocycles. The number of aromatic nitrogens is 2. The van der Waals surface area contributed by atoms with E-state index in [2.05, 4.69) is 55.9 Å². The van der Waals surface area contributed by atoms with Crippen molar-refractivity contribution < 1.29 is 0 Å². The molecule has 0 fully saturated rings. The minimum atomic E-state index is 0.162. The zero-order valence-corrected chi connectivity index (χ0v) is 13.5. The standard InChI is InChI=1S/C17H18BrN3/c1-12(19)8-13-10-21(17-5-3-2-4-16(13)17)11-15-7-6-14(18)9-20-15/h2-7,9-10,12H,8,11,19H2,1H3. The van der Waals surface area contributed by atoms with E-state index in [0.717, 1.165) is 23.1 Å². The molecule has 2 heterocycles. The summed E-state index contributed by atoms with van der Waals surface area (Å²) in [4.78, 5) is 4.46. The molecule has 0 bridgehead atoms. The summed E-state index contributed by atoms with van der Waals surface area (Å²) in [5, 5.41) is 1.28. The summed E-state index contributed by atoms with van der Waals surface area (Å²) in [6.45, 7) is 2.81. The van der Waals surface area contributed by atoms with Crippen LogP contribution in [0.25, 0.3) is 10.9 Å². The third-order valence-electron chi connectivity index (χ3n) is 3.53. The van der Waals surface area contributed by atoms with Crippen LogP contribution in [-0.2, 0) is 13.0 Å². The van der Waals surface area contributed by atoms with Crippen LogP contribution in [0, 0.1) is 0 Å². The Morgan fingerprint density at radius 3 is 2.76 bits per heavy atom. The van der Waals surface area contributed by atoms with Crippen LogP contribution in [0.3, 0.4) is 0 Å². The highest BCUT2D eigenvalue weighted by molar-refractivity contribution is 9.10. The van der Waals surface area contributed by atoms with Gasteiger partial charge < -0.3 is 10.3 Å². The monoisotopic (exact) mass is 343 g/mol. The van der Waals surface area contributed by atoms with Crippen molar-refractivity contribution in [3.8, 4) is 0 Å². The van der Waals surface area contributed by atoms with Crippen molar-refractivity contribution in [2.75, 3.05) is 0 Å². The molecule has 2 N–H and O–H groups in total. The van der Waals surface area contributed by atoms with Gasteiger partial charge in [-0.2, -0.15) is 0 Å². The fourth-order valence-electron chi connectivity index (χ4n) is 2.64. The minimum Gasteiger partial charge on any atom is -0.341 e. The Labute approximate surface area is 132 Å². The van der Waals surface area contributed by atoms with Gasteiger partial charge in [-0.25, -0.2) is 0 Å². The van der Waals surface area contributed by atoms with Gasteiger partial charge in [0.05, 0.1) is 12.2 Å². The quantitative estimate of drug-likeness (QED) is 0.784.